The summed E-state index contributed by atoms with van der Waals surface area (Å²) in [5.41, 5.74) is 3.83. The van der Waals surface area contributed by atoms with E-state index in [4.69, 9.17) is 23.2 Å². The molecule has 2 aliphatic rings. The number of allylic oxidation sites excluding steroid dienone is 2. The maximum absolute atomic E-state index is 13.3. The van der Waals surface area contributed by atoms with Crippen molar-refractivity contribution in [2.24, 2.45) is 10.9 Å². The monoisotopic (exact) mass is 408 g/mol. The fourth-order valence-corrected chi connectivity index (χ4v) is 4.80. The van der Waals surface area contributed by atoms with E-state index in [1.54, 1.807) is 12.1 Å². The van der Waals surface area contributed by atoms with E-state index in [0.717, 1.165) is 11.3 Å². The SMILES string of the molecule is CC1=C(C#N)[C@H](c2cccc(Cl)c2Cl)[C@@H]2C(=O)C[C@@H](c3ccccc3)CC2=N1. The topological polar surface area (TPSA) is 53.2 Å². The van der Waals surface area contributed by atoms with Crippen LogP contribution < -0.4 is 0 Å². The molecule has 4 rings (SSSR count). The van der Waals surface area contributed by atoms with Crippen molar-refractivity contribution in [3.05, 3.63) is 81.0 Å². The van der Waals surface area contributed by atoms with Crippen LogP contribution in [0.1, 0.15) is 42.7 Å². The number of hydrogen-bond acceptors (Lipinski definition) is 3. The van der Waals surface area contributed by atoms with Crippen LogP contribution in [0.15, 0.2) is 64.8 Å². The molecule has 1 saturated carbocycles. The van der Waals surface area contributed by atoms with Crippen molar-refractivity contribution in [1.29, 1.82) is 5.26 Å². The number of aliphatic imine (C=N–C) groups is 1. The molecule has 1 fully saturated rings. The summed E-state index contributed by atoms with van der Waals surface area (Å²) < 4.78 is 0. The molecule has 28 heavy (non-hydrogen) atoms. The van der Waals surface area contributed by atoms with Crippen molar-refractivity contribution in [3.63, 3.8) is 0 Å². The summed E-state index contributed by atoms with van der Waals surface area (Å²) in [6, 6.07) is 17.7. The first kappa shape index (κ1) is 18.9. The van der Waals surface area contributed by atoms with Crippen molar-refractivity contribution in [2.75, 3.05) is 0 Å². The van der Waals surface area contributed by atoms with Gasteiger partial charge in [0.2, 0.25) is 0 Å². The lowest BCUT2D eigenvalue weighted by Crippen LogP contribution is -2.39. The Kier molecular flexibility index (Phi) is 5.10. The van der Waals surface area contributed by atoms with Gasteiger partial charge in [0.05, 0.1) is 33.3 Å². The third-order valence-corrected chi connectivity index (χ3v) is 6.50. The van der Waals surface area contributed by atoms with Gasteiger partial charge in [-0.05, 0) is 36.5 Å². The lowest BCUT2D eigenvalue weighted by Gasteiger charge is -2.37. The molecule has 5 heteroatoms. The molecular weight excluding hydrogens is 391 g/mol. The number of carbonyl (C=O) groups excluding carboxylic acids is 1. The highest BCUT2D eigenvalue weighted by atomic mass is 35.5. The Morgan fingerprint density at radius 3 is 2.50 bits per heavy atom. The van der Waals surface area contributed by atoms with Crippen molar-refractivity contribution in [2.45, 2.75) is 31.6 Å². The lowest BCUT2D eigenvalue weighted by molar-refractivity contribution is -0.122. The number of halogens is 2. The second kappa shape index (κ2) is 7.54. The maximum atomic E-state index is 13.3. The van der Waals surface area contributed by atoms with E-state index in [9.17, 15) is 10.1 Å². The van der Waals surface area contributed by atoms with Crippen LogP contribution in [0, 0.1) is 17.2 Å². The van der Waals surface area contributed by atoms with Gasteiger partial charge in [0.25, 0.3) is 0 Å². The number of nitrogens with zero attached hydrogens (tertiary/aromatic N) is 2. The highest BCUT2D eigenvalue weighted by Gasteiger charge is 2.44. The Balaban J connectivity index is 1.81. The predicted octanol–water partition coefficient (Wildman–Crippen LogP) is 6.09. The molecule has 3 atom stereocenters. The Morgan fingerprint density at radius 1 is 1.04 bits per heavy atom. The maximum Gasteiger partial charge on any atom is 0.143 e. The van der Waals surface area contributed by atoms with Gasteiger partial charge in [0.15, 0.2) is 0 Å². The Bertz CT molecular complexity index is 1050. The molecule has 1 heterocycles. The minimum atomic E-state index is -0.464. The molecule has 0 amide bonds. The zero-order valence-corrected chi connectivity index (χ0v) is 16.8. The number of Topliss-reactive ketones (excluding diaryl/α,β-unsaturated/α-hetero) is 1. The van der Waals surface area contributed by atoms with Gasteiger partial charge < -0.3 is 0 Å². The Hall–Kier alpha value is -2.41. The fourth-order valence-electron chi connectivity index (χ4n) is 4.38. The van der Waals surface area contributed by atoms with Crippen LogP contribution in [0.4, 0.5) is 0 Å². The van der Waals surface area contributed by atoms with Gasteiger partial charge in [0.1, 0.15) is 5.78 Å². The zero-order chi connectivity index (χ0) is 19.8. The van der Waals surface area contributed by atoms with Crippen molar-refractivity contribution >= 4 is 34.7 Å². The largest absolute Gasteiger partial charge is 0.299 e. The first-order valence-electron chi connectivity index (χ1n) is 9.21. The number of rotatable bonds is 2. The average Bonchev–Trinajstić information content (AvgIpc) is 2.69. The Labute approximate surface area is 174 Å². The normalized spacial score (nSPS) is 24.4. The van der Waals surface area contributed by atoms with E-state index in [1.165, 1.54) is 0 Å². The molecule has 2 aromatic carbocycles. The first-order chi connectivity index (χ1) is 13.5. The van der Waals surface area contributed by atoms with Crippen molar-refractivity contribution < 1.29 is 4.79 Å². The molecule has 0 bridgehead atoms. The molecular formula is C23H18Cl2N2O. The molecule has 1 aliphatic carbocycles. The van der Waals surface area contributed by atoms with Crippen LogP contribution in [0.3, 0.4) is 0 Å². The third-order valence-electron chi connectivity index (χ3n) is 5.66. The van der Waals surface area contributed by atoms with Crippen LogP contribution in [-0.2, 0) is 4.79 Å². The molecule has 140 valence electrons. The number of fused-ring (bicyclic) bond motifs is 1. The molecule has 0 spiro atoms. The summed E-state index contributed by atoms with van der Waals surface area (Å²) >= 11 is 12.7. The summed E-state index contributed by atoms with van der Waals surface area (Å²) in [7, 11) is 0. The summed E-state index contributed by atoms with van der Waals surface area (Å²) in [6.45, 7) is 1.82. The van der Waals surface area contributed by atoms with E-state index >= 15 is 0 Å². The number of hydrogen-bond donors (Lipinski definition) is 0. The first-order valence-corrected chi connectivity index (χ1v) is 9.96. The van der Waals surface area contributed by atoms with E-state index < -0.39 is 11.8 Å². The van der Waals surface area contributed by atoms with Crippen LogP contribution in [0.25, 0.3) is 0 Å². The molecule has 3 nitrogen and oxygen atoms in total. The number of carbonyl (C=O) groups is 1. The van der Waals surface area contributed by atoms with Crippen LogP contribution in [0.5, 0.6) is 0 Å². The van der Waals surface area contributed by atoms with Crippen LogP contribution in [0.2, 0.25) is 10.0 Å². The molecule has 0 saturated heterocycles. The predicted molar refractivity (Wildman–Crippen MR) is 112 cm³/mol. The highest BCUT2D eigenvalue weighted by Crippen LogP contribution is 2.47. The van der Waals surface area contributed by atoms with E-state index in [2.05, 4.69) is 23.2 Å². The summed E-state index contributed by atoms with van der Waals surface area (Å²) in [5, 5.41) is 10.6. The fraction of sp³-hybridized carbons (Fsp3) is 0.261. The number of nitriles is 1. The van der Waals surface area contributed by atoms with Gasteiger partial charge in [0, 0.05) is 18.1 Å². The van der Waals surface area contributed by atoms with Gasteiger partial charge in [-0.25, -0.2) is 0 Å². The quantitative estimate of drug-likeness (QED) is 0.603. The third kappa shape index (κ3) is 3.17. The van der Waals surface area contributed by atoms with Crippen LogP contribution >= 0.6 is 23.2 Å². The Morgan fingerprint density at radius 2 is 1.79 bits per heavy atom. The van der Waals surface area contributed by atoms with Gasteiger partial charge in [-0.1, -0.05) is 65.7 Å². The smallest absolute Gasteiger partial charge is 0.143 e. The molecule has 0 radical (unpaired) electrons. The standard InChI is InChI=1S/C23H18Cl2N2O/c1-13-17(12-26)21(16-8-5-9-18(24)23(16)25)22-19(27-13)10-15(11-20(22)28)14-6-3-2-4-7-14/h2-9,15,21-22H,10-11H2,1H3/t15-,21-,22-/m0/s1. The summed E-state index contributed by atoms with van der Waals surface area (Å²) in [6.07, 6.45) is 1.13. The van der Waals surface area contributed by atoms with Gasteiger partial charge in [-0.3, -0.25) is 9.79 Å². The molecule has 0 aromatic heterocycles. The second-order valence-electron chi connectivity index (χ2n) is 7.29. The van der Waals surface area contributed by atoms with Crippen molar-refractivity contribution in [1.82, 2.24) is 0 Å². The molecule has 2 aromatic rings. The van der Waals surface area contributed by atoms with Gasteiger partial charge in [-0.2, -0.15) is 5.26 Å². The molecule has 1 aliphatic heterocycles. The minimum absolute atomic E-state index is 0.0974. The average molecular weight is 409 g/mol. The van der Waals surface area contributed by atoms with E-state index in [1.807, 2.05) is 31.2 Å². The molecule has 0 N–H and O–H groups in total. The number of ketones is 1. The summed E-state index contributed by atoms with van der Waals surface area (Å²) in [5.74, 6) is -0.696. The van der Waals surface area contributed by atoms with Crippen molar-refractivity contribution in [3.8, 4) is 6.07 Å². The lowest BCUT2D eigenvalue weighted by atomic mass is 9.66. The van der Waals surface area contributed by atoms with E-state index in [-0.39, 0.29) is 11.7 Å². The summed E-state index contributed by atoms with van der Waals surface area (Å²) in [4.78, 5) is 18.0. The van der Waals surface area contributed by atoms with Crippen LogP contribution in [-0.4, -0.2) is 11.5 Å². The zero-order valence-electron chi connectivity index (χ0n) is 15.3. The molecule has 0 unspecified atom stereocenters. The van der Waals surface area contributed by atoms with Gasteiger partial charge >= 0.3 is 0 Å². The van der Waals surface area contributed by atoms with Gasteiger partial charge in [-0.15, -0.1) is 0 Å². The van der Waals surface area contributed by atoms with E-state index in [0.29, 0.717) is 39.7 Å². The minimum Gasteiger partial charge on any atom is -0.299 e. The second-order valence-corrected chi connectivity index (χ2v) is 8.08. The highest BCUT2D eigenvalue weighted by molar-refractivity contribution is 6.42. The number of benzene rings is 2.